The third kappa shape index (κ3) is 8.06. The van der Waals surface area contributed by atoms with E-state index >= 15 is 0 Å². The Morgan fingerprint density at radius 2 is 1.92 bits per heavy atom. The number of rotatable bonds is 13. The van der Waals surface area contributed by atoms with Gasteiger partial charge in [-0.3, -0.25) is 9.59 Å². The first-order valence-corrected chi connectivity index (χ1v) is 14.8. The second kappa shape index (κ2) is 14.0. The van der Waals surface area contributed by atoms with Crippen molar-refractivity contribution in [2.45, 2.75) is 76.7 Å². The van der Waals surface area contributed by atoms with E-state index in [1.54, 1.807) is 6.07 Å². The number of halogens is 1. The molecule has 0 bridgehead atoms. The maximum atomic E-state index is 13.2. The molecule has 1 aliphatic carbocycles. The first kappa shape index (κ1) is 27.7. The maximum Gasteiger partial charge on any atom is 0.305 e. The number of amides is 1. The first-order chi connectivity index (χ1) is 18.0. The van der Waals surface area contributed by atoms with E-state index in [1.165, 1.54) is 24.8 Å². The van der Waals surface area contributed by atoms with Crippen molar-refractivity contribution >= 4 is 39.1 Å². The molecule has 1 saturated carbocycles. The third-order valence-corrected chi connectivity index (χ3v) is 8.51. The highest BCUT2D eigenvalue weighted by Crippen LogP contribution is 2.29. The van der Waals surface area contributed by atoms with E-state index in [-0.39, 0.29) is 16.5 Å². The molecule has 1 heterocycles. The molecule has 0 radical (unpaired) electrons. The van der Waals surface area contributed by atoms with Gasteiger partial charge in [-0.1, -0.05) is 66.8 Å². The predicted molar refractivity (Wildman–Crippen MR) is 153 cm³/mol. The van der Waals surface area contributed by atoms with Crippen LogP contribution < -0.4 is 10.2 Å². The normalized spacial score (nSPS) is 14.3. The lowest BCUT2D eigenvalue weighted by atomic mass is 9.93. The summed E-state index contributed by atoms with van der Waals surface area (Å²) in [4.78, 5) is 29.7. The molecule has 0 aliphatic heterocycles. The van der Waals surface area contributed by atoms with Crippen LogP contribution in [0.1, 0.15) is 68.9 Å². The monoisotopic (exact) mass is 543 g/mol. The number of H-pyrrole nitrogens is 1. The number of phenols is 1. The van der Waals surface area contributed by atoms with Crippen LogP contribution in [0.4, 0.5) is 0 Å². The fraction of sp³-hybridized carbons (Fsp3) is 0.517. The van der Waals surface area contributed by atoms with Crippen LogP contribution in [0.3, 0.4) is 0 Å². The Morgan fingerprint density at radius 1 is 1.08 bits per heavy atom. The minimum Gasteiger partial charge on any atom is -0.506 e. The number of aromatic amines is 1. The van der Waals surface area contributed by atoms with Gasteiger partial charge in [-0.05, 0) is 74.4 Å². The summed E-state index contributed by atoms with van der Waals surface area (Å²) in [6, 6.07) is 11.9. The quantitative estimate of drug-likeness (QED) is 0.229. The van der Waals surface area contributed by atoms with Crippen molar-refractivity contribution < 1.29 is 9.90 Å². The number of carbonyl (C=O) groups excluding carboxylic acids is 1. The molecule has 4 rings (SSSR count). The zero-order valence-corrected chi connectivity index (χ0v) is 23.0. The first-order valence-electron chi connectivity index (χ1n) is 13.6. The van der Waals surface area contributed by atoms with Crippen molar-refractivity contribution in [1.29, 1.82) is 0 Å². The Bertz CT molecular complexity index is 1220. The van der Waals surface area contributed by atoms with Gasteiger partial charge in [-0.15, -0.1) is 0 Å². The van der Waals surface area contributed by atoms with Crippen LogP contribution in [0, 0.1) is 0 Å². The van der Waals surface area contributed by atoms with E-state index in [2.05, 4.69) is 21.3 Å². The van der Waals surface area contributed by atoms with Crippen LogP contribution in [-0.2, 0) is 17.6 Å². The number of fused-ring (bicyclic) bond motifs is 1. The van der Waals surface area contributed by atoms with Gasteiger partial charge in [-0.2, -0.15) is 0 Å². The molecule has 3 aromatic rings. The molecular formula is C29H38ClN3O3S. The molecule has 3 N–H and O–H groups in total. The fourth-order valence-corrected chi connectivity index (χ4v) is 6.45. The lowest BCUT2D eigenvalue weighted by Gasteiger charge is -2.34. The molecule has 1 aromatic heterocycles. The number of carbonyl (C=O) groups is 1. The standard InChI is InChI=1S/C29H38ClN3O3S/c30-23-10-7-8-21(20-23)15-17-31-18-16-26(35)33(24-11-4-1-5-12-24)19-6-2-3-9-22-13-14-25(34)27-28(22)37-29(36)32-27/h7-8,10,13-14,20,24,31,34H,1-6,9,11-12,15-19H2,(H,32,36). The molecule has 1 fully saturated rings. The number of nitrogens with zero attached hydrogens (tertiary/aromatic N) is 1. The van der Waals surface area contributed by atoms with Crippen LogP contribution in [-0.4, -0.2) is 46.6 Å². The van der Waals surface area contributed by atoms with Crippen LogP contribution in [0.15, 0.2) is 41.2 Å². The number of hydrogen-bond donors (Lipinski definition) is 3. The van der Waals surface area contributed by atoms with Gasteiger partial charge in [0.05, 0.1) is 4.70 Å². The van der Waals surface area contributed by atoms with Crippen molar-refractivity contribution in [2.24, 2.45) is 0 Å². The van der Waals surface area contributed by atoms with Crippen LogP contribution in [0.5, 0.6) is 5.75 Å². The molecule has 0 unspecified atom stereocenters. The lowest BCUT2D eigenvalue weighted by molar-refractivity contribution is -0.134. The number of aryl methyl sites for hydroxylation is 1. The summed E-state index contributed by atoms with van der Waals surface area (Å²) in [5.74, 6) is 0.386. The number of aromatic hydroxyl groups is 1. The smallest absolute Gasteiger partial charge is 0.305 e. The van der Waals surface area contributed by atoms with Crippen LogP contribution in [0.2, 0.25) is 5.02 Å². The number of hydrogen-bond acceptors (Lipinski definition) is 5. The Balaban J connectivity index is 1.22. The SMILES string of the molecule is O=C(CCNCCc1cccc(Cl)c1)N(CCCCCc1ccc(O)c2[nH]c(=O)sc12)C1CCCCC1. The zero-order valence-electron chi connectivity index (χ0n) is 21.4. The molecule has 0 saturated heterocycles. The van der Waals surface area contributed by atoms with Crippen LogP contribution in [0.25, 0.3) is 10.2 Å². The van der Waals surface area contributed by atoms with E-state index in [4.69, 9.17) is 11.6 Å². The minimum atomic E-state index is -0.140. The minimum absolute atomic E-state index is 0.123. The summed E-state index contributed by atoms with van der Waals surface area (Å²) in [5.41, 5.74) is 2.84. The lowest BCUT2D eigenvalue weighted by Crippen LogP contribution is -2.43. The number of aromatic nitrogens is 1. The van der Waals surface area contributed by atoms with Crippen LogP contribution >= 0.6 is 22.9 Å². The number of thiazole rings is 1. The molecule has 0 atom stereocenters. The molecule has 8 heteroatoms. The molecule has 37 heavy (non-hydrogen) atoms. The molecule has 1 aliphatic rings. The van der Waals surface area contributed by atoms with Gasteiger partial charge in [0, 0.05) is 30.6 Å². The van der Waals surface area contributed by atoms with E-state index in [0.29, 0.717) is 24.5 Å². The summed E-state index contributed by atoms with van der Waals surface area (Å²) in [7, 11) is 0. The van der Waals surface area contributed by atoms with Crippen molar-refractivity contribution in [3.8, 4) is 5.75 Å². The number of unbranched alkanes of at least 4 members (excludes halogenated alkanes) is 2. The van der Waals surface area contributed by atoms with E-state index < -0.39 is 0 Å². The Hall–Kier alpha value is -2.35. The predicted octanol–water partition coefficient (Wildman–Crippen LogP) is 6.05. The molecule has 0 spiro atoms. The maximum absolute atomic E-state index is 13.2. The molecule has 2 aromatic carbocycles. The largest absolute Gasteiger partial charge is 0.506 e. The average Bonchev–Trinajstić information content (AvgIpc) is 3.30. The summed E-state index contributed by atoms with van der Waals surface area (Å²) < 4.78 is 0.854. The summed E-state index contributed by atoms with van der Waals surface area (Å²) in [5, 5.41) is 14.2. The zero-order chi connectivity index (χ0) is 26.0. The van der Waals surface area contributed by atoms with Crippen molar-refractivity contribution in [1.82, 2.24) is 15.2 Å². The van der Waals surface area contributed by atoms with Crippen molar-refractivity contribution in [2.75, 3.05) is 19.6 Å². The molecule has 200 valence electrons. The second-order valence-electron chi connectivity index (χ2n) is 10.0. The van der Waals surface area contributed by atoms with Gasteiger partial charge < -0.3 is 20.3 Å². The third-order valence-electron chi connectivity index (χ3n) is 7.32. The number of benzene rings is 2. The van der Waals surface area contributed by atoms with E-state index in [0.717, 1.165) is 84.7 Å². The summed E-state index contributed by atoms with van der Waals surface area (Å²) in [6.45, 7) is 2.34. The highest BCUT2D eigenvalue weighted by atomic mass is 35.5. The van der Waals surface area contributed by atoms with Gasteiger partial charge in [0.25, 0.3) is 0 Å². The van der Waals surface area contributed by atoms with Gasteiger partial charge >= 0.3 is 4.87 Å². The van der Waals surface area contributed by atoms with E-state index in [9.17, 15) is 14.7 Å². The van der Waals surface area contributed by atoms with Gasteiger partial charge in [0.1, 0.15) is 11.3 Å². The Morgan fingerprint density at radius 3 is 2.73 bits per heavy atom. The summed E-state index contributed by atoms with van der Waals surface area (Å²) in [6.07, 6.45) is 11.2. The average molecular weight is 544 g/mol. The molecular weight excluding hydrogens is 506 g/mol. The highest BCUT2D eigenvalue weighted by Gasteiger charge is 2.24. The van der Waals surface area contributed by atoms with Crippen molar-refractivity contribution in [3.05, 3.63) is 62.2 Å². The Labute approximate surface area is 228 Å². The van der Waals surface area contributed by atoms with Gasteiger partial charge in [-0.25, -0.2) is 0 Å². The molecule has 1 amide bonds. The Kier molecular flexibility index (Phi) is 10.5. The van der Waals surface area contributed by atoms with Gasteiger partial charge in [0.2, 0.25) is 5.91 Å². The second-order valence-corrected chi connectivity index (χ2v) is 11.5. The fourth-order valence-electron chi connectivity index (χ4n) is 5.34. The van der Waals surface area contributed by atoms with E-state index in [1.807, 2.05) is 24.3 Å². The molecule has 6 nitrogen and oxygen atoms in total. The van der Waals surface area contributed by atoms with Crippen molar-refractivity contribution in [3.63, 3.8) is 0 Å². The number of nitrogens with one attached hydrogen (secondary N) is 2. The summed E-state index contributed by atoms with van der Waals surface area (Å²) >= 11 is 7.22. The topological polar surface area (TPSA) is 85.4 Å². The highest BCUT2D eigenvalue weighted by molar-refractivity contribution is 7.16. The number of phenolic OH excluding ortho intramolecular Hbond substituents is 1. The van der Waals surface area contributed by atoms with Gasteiger partial charge in [0.15, 0.2) is 0 Å².